The highest BCUT2D eigenvalue weighted by molar-refractivity contribution is 6.21. The average Bonchev–Trinajstić information content (AvgIpc) is 2.88. The first kappa shape index (κ1) is 18.6. The topological polar surface area (TPSA) is 72.9 Å². The number of rotatable bonds is 6. The molecule has 0 fully saturated rings. The van der Waals surface area contributed by atoms with Crippen molar-refractivity contribution < 1.29 is 23.9 Å². The van der Waals surface area contributed by atoms with Crippen molar-refractivity contribution in [2.45, 2.75) is 33.4 Å². The quantitative estimate of drug-likeness (QED) is 0.578. The molecule has 1 aliphatic rings. The van der Waals surface area contributed by atoms with E-state index in [4.69, 9.17) is 9.47 Å². The summed E-state index contributed by atoms with van der Waals surface area (Å²) in [5.41, 5.74) is 1.71. The standard InChI is InChI=1S/C21H21NO5/c1-4-26-18-10-9-14(11-17(18)21(25)27-13(2)3)12-22-19(23)15-7-5-6-8-16(15)20(22)24/h5-11,13H,4,12H2,1-3H3. The Hall–Kier alpha value is -3.15. The monoisotopic (exact) mass is 367 g/mol. The van der Waals surface area contributed by atoms with Crippen LogP contribution in [0, 0.1) is 0 Å². The molecule has 0 bridgehead atoms. The Kier molecular flexibility index (Phi) is 5.26. The highest BCUT2D eigenvalue weighted by atomic mass is 16.5. The summed E-state index contributed by atoms with van der Waals surface area (Å²) in [6, 6.07) is 11.7. The first-order valence-electron chi connectivity index (χ1n) is 8.84. The van der Waals surface area contributed by atoms with Gasteiger partial charge in [-0.1, -0.05) is 18.2 Å². The van der Waals surface area contributed by atoms with Crippen molar-refractivity contribution in [3.63, 3.8) is 0 Å². The van der Waals surface area contributed by atoms with Crippen molar-refractivity contribution in [3.8, 4) is 5.75 Å². The van der Waals surface area contributed by atoms with Crippen LogP contribution in [0.1, 0.15) is 57.4 Å². The Morgan fingerprint density at radius 1 is 1.04 bits per heavy atom. The molecule has 27 heavy (non-hydrogen) atoms. The molecule has 2 aromatic carbocycles. The molecule has 0 N–H and O–H groups in total. The normalized spacial score (nSPS) is 13.1. The zero-order valence-corrected chi connectivity index (χ0v) is 15.5. The average molecular weight is 367 g/mol. The maximum Gasteiger partial charge on any atom is 0.342 e. The third kappa shape index (κ3) is 3.69. The molecule has 1 heterocycles. The maximum atomic E-state index is 12.5. The molecule has 0 saturated heterocycles. The van der Waals surface area contributed by atoms with Crippen molar-refractivity contribution in [1.82, 2.24) is 4.90 Å². The van der Waals surface area contributed by atoms with Gasteiger partial charge in [-0.15, -0.1) is 0 Å². The predicted molar refractivity (Wildman–Crippen MR) is 98.8 cm³/mol. The Labute approximate surface area is 157 Å². The van der Waals surface area contributed by atoms with Crippen molar-refractivity contribution in [2.75, 3.05) is 6.61 Å². The van der Waals surface area contributed by atoms with Gasteiger partial charge in [0.2, 0.25) is 0 Å². The Morgan fingerprint density at radius 2 is 1.67 bits per heavy atom. The van der Waals surface area contributed by atoms with Gasteiger partial charge >= 0.3 is 5.97 Å². The van der Waals surface area contributed by atoms with Gasteiger partial charge in [0.1, 0.15) is 11.3 Å². The lowest BCUT2D eigenvalue weighted by Crippen LogP contribution is -2.29. The van der Waals surface area contributed by atoms with Crippen LogP contribution in [-0.2, 0) is 11.3 Å². The summed E-state index contributed by atoms with van der Waals surface area (Å²) in [6.07, 6.45) is -0.271. The van der Waals surface area contributed by atoms with Gasteiger partial charge in [-0.3, -0.25) is 14.5 Å². The van der Waals surface area contributed by atoms with Gasteiger partial charge in [0.25, 0.3) is 11.8 Å². The second-order valence-electron chi connectivity index (χ2n) is 6.46. The van der Waals surface area contributed by atoms with E-state index in [1.54, 1.807) is 56.3 Å². The molecular weight excluding hydrogens is 346 g/mol. The molecule has 0 aromatic heterocycles. The molecule has 0 radical (unpaired) electrons. The predicted octanol–water partition coefficient (Wildman–Crippen LogP) is 3.45. The third-order valence-corrected chi connectivity index (χ3v) is 4.13. The fourth-order valence-electron chi connectivity index (χ4n) is 2.96. The summed E-state index contributed by atoms with van der Waals surface area (Å²) >= 11 is 0. The largest absolute Gasteiger partial charge is 0.493 e. The minimum Gasteiger partial charge on any atom is -0.493 e. The number of carbonyl (C=O) groups is 3. The fraction of sp³-hybridized carbons (Fsp3) is 0.286. The third-order valence-electron chi connectivity index (χ3n) is 4.13. The lowest BCUT2D eigenvalue weighted by molar-refractivity contribution is 0.0373. The zero-order valence-electron chi connectivity index (χ0n) is 15.5. The number of ether oxygens (including phenoxy) is 2. The number of carbonyl (C=O) groups excluding carboxylic acids is 3. The molecule has 6 heteroatoms. The summed E-state index contributed by atoms with van der Waals surface area (Å²) in [4.78, 5) is 38.6. The van der Waals surface area contributed by atoms with E-state index in [0.29, 0.717) is 29.0 Å². The fourth-order valence-corrected chi connectivity index (χ4v) is 2.96. The molecule has 1 aliphatic heterocycles. The lowest BCUT2D eigenvalue weighted by Gasteiger charge is -2.17. The minimum atomic E-state index is -0.502. The second-order valence-corrected chi connectivity index (χ2v) is 6.46. The van der Waals surface area contributed by atoms with Crippen LogP contribution >= 0.6 is 0 Å². The SMILES string of the molecule is CCOc1ccc(CN2C(=O)c3ccccc3C2=O)cc1C(=O)OC(C)C. The van der Waals surface area contributed by atoms with E-state index in [1.165, 1.54) is 4.90 Å². The number of hydrogen-bond donors (Lipinski definition) is 0. The number of hydrogen-bond acceptors (Lipinski definition) is 5. The molecule has 0 unspecified atom stereocenters. The summed E-state index contributed by atoms with van der Waals surface area (Å²) in [5.74, 6) is -0.765. The van der Waals surface area contributed by atoms with Crippen molar-refractivity contribution in [3.05, 3.63) is 64.7 Å². The number of imide groups is 1. The number of fused-ring (bicyclic) bond motifs is 1. The van der Waals surface area contributed by atoms with Gasteiger partial charge in [0.15, 0.2) is 0 Å². The van der Waals surface area contributed by atoms with Crippen LogP contribution in [0.25, 0.3) is 0 Å². The van der Waals surface area contributed by atoms with Crippen molar-refractivity contribution in [2.24, 2.45) is 0 Å². The highest BCUT2D eigenvalue weighted by Crippen LogP contribution is 2.27. The van der Waals surface area contributed by atoms with Crippen molar-refractivity contribution >= 4 is 17.8 Å². The molecular formula is C21H21NO5. The van der Waals surface area contributed by atoms with E-state index in [9.17, 15) is 14.4 Å². The number of esters is 1. The molecule has 140 valence electrons. The molecule has 0 spiro atoms. The number of nitrogens with zero attached hydrogens (tertiary/aromatic N) is 1. The number of benzene rings is 2. The van der Waals surface area contributed by atoms with E-state index in [2.05, 4.69) is 0 Å². The summed E-state index contributed by atoms with van der Waals surface area (Å²) in [6.45, 7) is 5.83. The van der Waals surface area contributed by atoms with Crippen LogP contribution < -0.4 is 4.74 Å². The van der Waals surface area contributed by atoms with Gasteiger partial charge in [0, 0.05) is 0 Å². The first-order valence-corrected chi connectivity index (χ1v) is 8.84. The molecule has 6 nitrogen and oxygen atoms in total. The van der Waals surface area contributed by atoms with E-state index >= 15 is 0 Å². The molecule has 0 saturated carbocycles. The van der Waals surface area contributed by atoms with Crippen LogP contribution in [-0.4, -0.2) is 35.4 Å². The minimum absolute atomic E-state index is 0.0701. The van der Waals surface area contributed by atoms with Crippen molar-refractivity contribution in [1.29, 1.82) is 0 Å². The maximum absolute atomic E-state index is 12.5. The molecule has 2 amide bonds. The van der Waals surface area contributed by atoms with Gasteiger partial charge in [-0.05, 0) is 50.6 Å². The summed E-state index contributed by atoms with van der Waals surface area (Å²) in [5, 5.41) is 0. The summed E-state index contributed by atoms with van der Waals surface area (Å²) in [7, 11) is 0. The molecule has 0 atom stereocenters. The van der Waals surface area contributed by atoms with Crippen LogP contribution in [0.3, 0.4) is 0 Å². The van der Waals surface area contributed by atoms with Crippen LogP contribution in [0.15, 0.2) is 42.5 Å². The van der Waals surface area contributed by atoms with Gasteiger partial charge in [-0.25, -0.2) is 4.79 Å². The smallest absolute Gasteiger partial charge is 0.342 e. The van der Waals surface area contributed by atoms with E-state index < -0.39 is 5.97 Å². The van der Waals surface area contributed by atoms with Crippen LogP contribution in [0.4, 0.5) is 0 Å². The van der Waals surface area contributed by atoms with Gasteiger partial charge in [-0.2, -0.15) is 0 Å². The number of amides is 2. The van der Waals surface area contributed by atoms with Gasteiger partial charge < -0.3 is 9.47 Å². The Balaban J connectivity index is 1.89. The molecule has 3 rings (SSSR count). The van der Waals surface area contributed by atoms with E-state index in [-0.39, 0.29) is 30.0 Å². The Bertz CT molecular complexity index is 868. The van der Waals surface area contributed by atoms with E-state index in [1.807, 2.05) is 6.92 Å². The molecule has 2 aromatic rings. The second kappa shape index (κ2) is 7.61. The van der Waals surface area contributed by atoms with Crippen LogP contribution in [0.5, 0.6) is 5.75 Å². The summed E-state index contributed by atoms with van der Waals surface area (Å²) < 4.78 is 10.8. The van der Waals surface area contributed by atoms with Crippen LogP contribution in [0.2, 0.25) is 0 Å². The van der Waals surface area contributed by atoms with Gasteiger partial charge in [0.05, 0.1) is 30.4 Å². The first-order chi connectivity index (χ1) is 12.9. The van der Waals surface area contributed by atoms with E-state index in [0.717, 1.165) is 0 Å². The highest BCUT2D eigenvalue weighted by Gasteiger charge is 2.35. The Morgan fingerprint density at radius 3 is 2.22 bits per heavy atom. The molecule has 0 aliphatic carbocycles. The zero-order chi connectivity index (χ0) is 19.6. The lowest BCUT2D eigenvalue weighted by atomic mass is 10.1.